The van der Waals surface area contributed by atoms with Crippen LogP contribution in [0.15, 0.2) is 18.2 Å². The Hall–Kier alpha value is -0.690. The van der Waals surface area contributed by atoms with Crippen molar-refractivity contribution in [2.24, 2.45) is 0 Å². The first kappa shape index (κ1) is 17.4. The van der Waals surface area contributed by atoms with Crippen molar-refractivity contribution >= 4 is 21.8 Å². The molecule has 0 aliphatic rings. The molecule has 1 rings (SSSR count). The minimum Gasteiger partial charge on any atom is -0.207 e. The van der Waals surface area contributed by atoms with E-state index in [1.165, 1.54) is 30.5 Å². The zero-order valence-corrected chi connectivity index (χ0v) is 13.5. The molecule has 0 N–H and O–H groups in total. The molecule has 0 aromatic heterocycles. The molecular formula is C13H20ClFN2O2S. The van der Waals surface area contributed by atoms with Crippen LogP contribution in [-0.4, -0.2) is 37.7 Å². The average Bonchev–Trinajstić information content (AvgIpc) is 2.39. The average molecular weight is 323 g/mol. The van der Waals surface area contributed by atoms with Crippen molar-refractivity contribution in [3.8, 4) is 0 Å². The summed E-state index contributed by atoms with van der Waals surface area (Å²) in [7, 11) is -0.666. The van der Waals surface area contributed by atoms with Gasteiger partial charge in [-0.3, -0.25) is 0 Å². The van der Waals surface area contributed by atoms with Crippen molar-refractivity contribution < 1.29 is 12.8 Å². The molecular weight excluding hydrogens is 303 g/mol. The number of nitrogens with zero attached hydrogens (tertiary/aromatic N) is 2. The molecule has 0 fully saturated rings. The third-order valence-electron chi connectivity index (χ3n) is 3.06. The zero-order chi connectivity index (χ0) is 15.3. The molecule has 0 aliphatic carbocycles. The Morgan fingerprint density at radius 2 is 1.90 bits per heavy atom. The van der Waals surface area contributed by atoms with Crippen molar-refractivity contribution in [3.05, 3.63) is 34.6 Å². The van der Waals surface area contributed by atoms with Crippen molar-refractivity contribution in [1.82, 2.24) is 8.61 Å². The van der Waals surface area contributed by atoms with Crippen LogP contribution in [0, 0.1) is 5.82 Å². The highest BCUT2D eigenvalue weighted by molar-refractivity contribution is 7.86. The lowest BCUT2D eigenvalue weighted by molar-refractivity contribution is 0.382. The summed E-state index contributed by atoms with van der Waals surface area (Å²) in [5.41, 5.74) is 0.184. The number of hydrogen-bond donors (Lipinski definition) is 0. The maximum Gasteiger partial charge on any atom is 0.281 e. The fraction of sp³-hybridized carbons (Fsp3) is 0.538. The fourth-order valence-corrected chi connectivity index (χ4v) is 3.07. The predicted octanol–water partition coefficient (Wildman–Crippen LogP) is 2.89. The lowest BCUT2D eigenvalue weighted by Crippen LogP contribution is -2.39. The standard InChI is InChI=1S/C13H20ClFN2O2S/c1-4-5-9-16(2)20(18,19)17(3)10-11-12(14)7-6-8-13(11)15/h6-8H,4-5,9-10H2,1-3H3. The third kappa shape index (κ3) is 4.15. The summed E-state index contributed by atoms with van der Waals surface area (Å²) < 4.78 is 40.6. The van der Waals surface area contributed by atoms with E-state index < -0.39 is 16.0 Å². The first-order valence-electron chi connectivity index (χ1n) is 6.41. The SMILES string of the molecule is CCCCN(C)S(=O)(=O)N(C)Cc1c(F)cccc1Cl. The van der Waals surface area contributed by atoms with Crippen LogP contribution in [0.5, 0.6) is 0 Å². The molecule has 0 aliphatic heterocycles. The molecule has 0 heterocycles. The second-order valence-corrected chi connectivity index (χ2v) is 7.19. The first-order valence-corrected chi connectivity index (χ1v) is 8.18. The van der Waals surface area contributed by atoms with E-state index in [0.717, 1.165) is 17.1 Å². The number of halogens is 2. The molecule has 1 aromatic carbocycles. The van der Waals surface area contributed by atoms with Gasteiger partial charge >= 0.3 is 0 Å². The van der Waals surface area contributed by atoms with E-state index in [4.69, 9.17) is 11.6 Å². The highest BCUT2D eigenvalue weighted by Crippen LogP contribution is 2.21. The minimum absolute atomic E-state index is 0.0930. The van der Waals surface area contributed by atoms with E-state index in [1.807, 2.05) is 6.92 Å². The lowest BCUT2D eigenvalue weighted by Gasteiger charge is -2.24. The third-order valence-corrected chi connectivity index (χ3v) is 5.30. The quantitative estimate of drug-likeness (QED) is 0.774. The first-order chi connectivity index (χ1) is 9.30. The van der Waals surface area contributed by atoms with Gasteiger partial charge in [-0.2, -0.15) is 17.0 Å². The van der Waals surface area contributed by atoms with Crippen molar-refractivity contribution in [3.63, 3.8) is 0 Å². The molecule has 0 unspecified atom stereocenters. The Labute approximate surface area is 125 Å². The van der Waals surface area contributed by atoms with Gasteiger partial charge in [-0.05, 0) is 18.6 Å². The number of benzene rings is 1. The van der Waals surface area contributed by atoms with Crippen molar-refractivity contribution in [2.45, 2.75) is 26.3 Å². The van der Waals surface area contributed by atoms with Gasteiger partial charge in [0.1, 0.15) is 5.82 Å². The number of hydrogen-bond acceptors (Lipinski definition) is 2. The van der Waals surface area contributed by atoms with E-state index in [0.29, 0.717) is 6.54 Å². The van der Waals surface area contributed by atoms with Crippen LogP contribution in [0.25, 0.3) is 0 Å². The molecule has 7 heteroatoms. The molecule has 0 saturated heterocycles. The molecule has 0 atom stereocenters. The molecule has 0 bridgehead atoms. The van der Waals surface area contributed by atoms with Gasteiger partial charge in [-0.25, -0.2) is 4.39 Å². The normalized spacial score (nSPS) is 12.3. The maximum absolute atomic E-state index is 13.7. The summed E-state index contributed by atoms with van der Waals surface area (Å²) in [6.07, 6.45) is 1.69. The van der Waals surface area contributed by atoms with Crippen molar-refractivity contribution in [1.29, 1.82) is 0 Å². The van der Waals surface area contributed by atoms with E-state index in [1.54, 1.807) is 6.07 Å². The minimum atomic E-state index is -3.60. The molecule has 1 aromatic rings. The van der Waals surface area contributed by atoms with Crippen LogP contribution < -0.4 is 0 Å². The smallest absolute Gasteiger partial charge is 0.207 e. The summed E-state index contributed by atoms with van der Waals surface area (Å²) in [6.45, 7) is 2.34. The summed E-state index contributed by atoms with van der Waals surface area (Å²) in [5.74, 6) is -0.504. The van der Waals surface area contributed by atoms with Crippen LogP contribution in [0.4, 0.5) is 4.39 Å². The van der Waals surface area contributed by atoms with Gasteiger partial charge in [0.15, 0.2) is 0 Å². The Balaban J connectivity index is 2.87. The van der Waals surface area contributed by atoms with E-state index in [2.05, 4.69) is 0 Å². The van der Waals surface area contributed by atoms with Gasteiger partial charge in [-0.1, -0.05) is 31.0 Å². The lowest BCUT2D eigenvalue weighted by atomic mass is 10.2. The van der Waals surface area contributed by atoms with Crippen LogP contribution in [0.3, 0.4) is 0 Å². The summed E-state index contributed by atoms with van der Waals surface area (Å²) in [5, 5.41) is 0.225. The van der Waals surface area contributed by atoms with Gasteiger partial charge in [-0.15, -0.1) is 0 Å². The van der Waals surface area contributed by atoms with Gasteiger partial charge in [0.25, 0.3) is 10.2 Å². The van der Waals surface area contributed by atoms with Crippen LogP contribution in [-0.2, 0) is 16.8 Å². The summed E-state index contributed by atoms with van der Waals surface area (Å²) >= 11 is 5.91. The van der Waals surface area contributed by atoms with Gasteiger partial charge in [0, 0.05) is 37.8 Å². The second kappa shape index (κ2) is 7.36. The van der Waals surface area contributed by atoms with E-state index in [9.17, 15) is 12.8 Å². The largest absolute Gasteiger partial charge is 0.281 e. The topological polar surface area (TPSA) is 40.6 Å². The van der Waals surface area contributed by atoms with Crippen LogP contribution in [0.1, 0.15) is 25.3 Å². The maximum atomic E-state index is 13.7. The van der Waals surface area contributed by atoms with Gasteiger partial charge < -0.3 is 0 Å². The molecule has 0 amide bonds. The summed E-state index contributed by atoms with van der Waals surface area (Å²) in [6, 6.07) is 4.30. The van der Waals surface area contributed by atoms with Gasteiger partial charge in [0.05, 0.1) is 0 Å². The fourth-order valence-electron chi connectivity index (χ4n) is 1.72. The Morgan fingerprint density at radius 1 is 1.25 bits per heavy atom. The Morgan fingerprint density at radius 3 is 2.45 bits per heavy atom. The van der Waals surface area contributed by atoms with Crippen LogP contribution >= 0.6 is 11.6 Å². The molecule has 4 nitrogen and oxygen atoms in total. The Bertz CT molecular complexity index is 531. The van der Waals surface area contributed by atoms with E-state index >= 15 is 0 Å². The number of rotatable bonds is 7. The second-order valence-electron chi connectivity index (χ2n) is 4.64. The molecule has 0 spiro atoms. The highest BCUT2D eigenvalue weighted by Gasteiger charge is 2.24. The summed E-state index contributed by atoms with van der Waals surface area (Å²) in [4.78, 5) is 0. The molecule has 114 valence electrons. The van der Waals surface area contributed by atoms with Gasteiger partial charge in [0.2, 0.25) is 0 Å². The molecule has 0 saturated carbocycles. The molecule has 20 heavy (non-hydrogen) atoms. The molecule has 0 radical (unpaired) electrons. The predicted molar refractivity (Wildman–Crippen MR) is 79.3 cm³/mol. The van der Waals surface area contributed by atoms with E-state index in [-0.39, 0.29) is 17.1 Å². The highest BCUT2D eigenvalue weighted by atomic mass is 35.5. The Kier molecular flexibility index (Phi) is 6.39. The number of unbranched alkanes of at least 4 members (excludes halogenated alkanes) is 1. The van der Waals surface area contributed by atoms with Crippen LogP contribution in [0.2, 0.25) is 5.02 Å². The monoisotopic (exact) mass is 322 g/mol. The van der Waals surface area contributed by atoms with Crippen molar-refractivity contribution in [2.75, 3.05) is 20.6 Å². The zero-order valence-electron chi connectivity index (χ0n) is 11.9.